The van der Waals surface area contributed by atoms with Crippen molar-refractivity contribution in [3.63, 3.8) is 0 Å². The predicted molar refractivity (Wildman–Crippen MR) is 100 cm³/mol. The van der Waals surface area contributed by atoms with E-state index in [-0.39, 0.29) is 24.0 Å². The number of aliphatic hydroxyl groups is 1. The van der Waals surface area contributed by atoms with Gasteiger partial charge in [-0.1, -0.05) is 42.5 Å². The van der Waals surface area contributed by atoms with E-state index in [0.29, 0.717) is 24.4 Å². The fourth-order valence-electron chi connectivity index (χ4n) is 3.83. The lowest BCUT2D eigenvalue weighted by Gasteiger charge is -2.42. The van der Waals surface area contributed by atoms with Crippen molar-refractivity contribution in [1.29, 1.82) is 0 Å². The lowest BCUT2D eigenvalue weighted by molar-refractivity contribution is 0.0539. The number of aliphatic hydroxyl groups excluding tert-OH is 1. The molecule has 1 saturated carbocycles. The molecular weight excluding hydrogens is 326 g/mol. The summed E-state index contributed by atoms with van der Waals surface area (Å²) in [6.45, 7) is 1.29. The van der Waals surface area contributed by atoms with E-state index >= 15 is 0 Å². The molecule has 4 heteroatoms. The van der Waals surface area contributed by atoms with Crippen LogP contribution in [0.15, 0.2) is 54.6 Å². The average Bonchev–Trinajstić information content (AvgIpc) is 3.52. The summed E-state index contributed by atoms with van der Waals surface area (Å²) in [6.07, 6.45) is 4.15. The van der Waals surface area contributed by atoms with Gasteiger partial charge in [0.1, 0.15) is 5.75 Å². The van der Waals surface area contributed by atoms with Gasteiger partial charge in [-0.2, -0.15) is 0 Å². The van der Waals surface area contributed by atoms with Crippen molar-refractivity contribution in [2.24, 2.45) is 0 Å². The summed E-state index contributed by atoms with van der Waals surface area (Å²) in [7, 11) is 0. The third kappa shape index (κ3) is 3.34. The molecule has 1 unspecified atom stereocenters. The molecule has 1 atom stereocenters. The zero-order chi connectivity index (χ0) is 18.0. The van der Waals surface area contributed by atoms with Crippen molar-refractivity contribution in [3.8, 4) is 5.75 Å². The standard InChI is InChI=1S/C22H25NO3/c24-16-22(17-7-2-1-3-8-17)13-6-14-23(15-22)21(25)19-9-4-5-10-20(19)26-18-11-12-18/h1-5,7-10,18,24H,6,11-16H2. The molecule has 0 radical (unpaired) electrons. The maximum absolute atomic E-state index is 13.2. The predicted octanol–water partition coefficient (Wildman–Crippen LogP) is 3.39. The number of ether oxygens (including phenoxy) is 1. The second kappa shape index (κ2) is 7.12. The molecular formula is C22H25NO3. The van der Waals surface area contributed by atoms with Gasteiger partial charge in [-0.3, -0.25) is 4.79 Å². The highest BCUT2D eigenvalue weighted by atomic mass is 16.5. The third-order valence-corrected chi connectivity index (χ3v) is 5.49. The van der Waals surface area contributed by atoms with Gasteiger partial charge in [0, 0.05) is 18.5 Å². The molecule has 1 amide bonds. The number of para-hydroxylation sites is 1. The number of nitrogens with zero attached hydrogens (tertiary/aromatic N) is 1. The summed E-state index contributed by atoms with van der Waals surface area (Å²) in [5, 5.41) is 10.2. The Hall–Kier alpha value is -2.33. The summed E-state index contributed by atoms with van der Waals surface area (Å²) in [5.74, 6) is 0.676. The van der Waals surface area contributed by atoms with Crippen LogP contribution < -0.4 is 4.74 Å². The monoisotopic (exact) mass is 351 g/mol. The maximum atomic E-state index is 13.2. The molecule has 1 aliphatic carbocycles. The zero-order valence-corrected chi connectivity index (χ0v) is 14.9. The van der Waals surface area contributed by atoms with E-state index < -0.39 is 0 Å². The van der Waals surface area contributed by atoms with Gasteiger partial charge in [-0.25, -0.2) is 0 Å². The molecule has 4 rings (SSSR count). The Morgan fingerprint density at radius 1 is 1.12 bits per heavy atom. The van der Waals surface area contributed by atoms with E-state index in [2.05, 4.69) is 0 Å². The molecule has 0 bridgehead atoms. The van der Waals surface area contributed by atoms with Crippen LogP contribution in [-0.2, 0) is 5.41 Å². The summed E-state index contributed by atoms with van der Waals surface area (Å²) in [5.41, 5.74) is 1.34. The number of carbonyl (C=O) groups excluding carboxylic acids is 1. The Bertz CT molecular complexity index is 772. The van der Waals surface area contributed by atoms with Crippen molar-refractivity contribution in [2.45, 2.75) is 37.2 Å². The Morgan fingerprint density at radius 3 is 2.58 bits per heavy atom. The van der Waals surface area contributed by atoms with Crippen LogP contribution in [0, 0.1) is 0 Å². The first kappa shape index (κ1) is 17.1. The fourth-order valence-corrected chi connectivity index (χ4v) is 3.83. The first-order chi connectivity index (χ1) is 12.7. The lowest BCUT2D eigenvalue weighted by atomic mass is 9.74. The second-order valence-electron chi connectivity index (χ2n) is 7.45. The number of piperidine rings is 1. The van der Waals surface area contributed by atoms with Crippen molar-refractivity contribution in [3.05, 3.63) is 65.7 Å². The molecule has 0 spiro atoms. The van der Waals surface area contributed by atoms with Gasteiger partial charge in [-0.05, 0) is 43.4 Å². The van der Waals surface area contributed by atoms with Crippen LogP contribution in [0.2, 0.25) is 0 Å². The Morgan fingerprint density at radius 2 is 1.85 bits per heavy atom. The molecule has 2 aromatic carbocycles. The van der Waals surface area contributed by atoms with E-state index in [1.807, 2.05) is 59.5 Å². The number of likely N-dealkylation sites (tertiary alicyclic amines) is 1. The Labute approximate surface area is 154 Å². The van der Waals surface area contributed by atoms with E-state index in [4.69, 9.17) is 4.74 Å². The SMILES string of the molecule is O=C(c1ccccc1OC1CC1)N1CCCC(CO)(c2ccccc2)C1. The summed E-state index contributed by atoms with van der Waals surface area (Å²) in [6, 6.07) is 17.6. The normalized spacial score (nSPS) is 22.9. The fraction of sp³-hybridized carbons (Fsp3) is 0.409. The zero-order valence-electron chi connectivity index (χ0n) is 14.9. The smallest absolute Gasteiger partial charge is 0.257 e. The van der Waals surface area contributed by atoms with Crippen LogP contribution >= 0.6 is 0 Å². The molecule has 1 heterocycles. The van der Waals surface area contributed by atoms with Gasteiger partial charge in [0.15, 0.2) is 0 Å². The quantitative estimate of drug-likeness (QED) is 0.898. The van der Waals surface area contributed by atoms with E-state index in [9.17, 15) is 9.90 Å². The highest BCUT2D eigenvalue weighted by Gasteiger charge is 2.39. The van der Waals surface area contributed by atoms with Gasteiger partial charge in [0.25, 0.3) is 5.91 Å². The largest absolute Gasteiger partial charge is 0.490 e. The van der Waals surface area contributed by atoms with Crippen molar-refractivity contribution >= 4 is 5.91 Å². The number of rotatable bonds is 5. The number of hydrogen-bond donors (Lipinski definition) is 1. The maximum Gasteiger partial charge on any atom is 0.257 e. The van der Waals surface area contributed by atoms with Crippen LogP contribution in [0.1, 0.15) is 41.6 Å². The molecule has 1 saturated heterocycles. The second-order valence-corrected chi connectivity index (χ2v) is 7.45. The molecule has 26 heavy (non-hydrogen) atoms. The first-order valence-corrected chi connectivity index (χ1v) is 9.43. The minimum absolute atomic E-state index is 0.00490. The highest BCUT2D eigenvalue weighted by molar-refractivity contribution is 5.97. The van der Waals surface area contributed by atoms with Gasteiger partial charge in [-0.15, -0.1) is 0 Å². The van der Waals surface area contributed by atoms with E-state index in [1.54, 1.807) is 0 Å². The summed E-state index contributed by atoms with van der Waals surface area (Å²) >= 11 is 0. The molecule has 1 aliphatic heterocycles. The summed E-state index contributed by atoms with van der Waals surface area (Å²) in [4.78, 5) is 15.1. The first-order valence-electron chi connectivity index (χ1n) is 9.43. The Balaban J connectivity index is 1.59. The van der Waals surface area contributed by atoms with Crippen molar-refractivity contribution in [2.75, 3.05) is 19.7 Å². The lowest BCUT2D eigenvalue weighted by Crippen LogP contribution is -2.50. The van der Waals surface area contributed by atoms with Gasteiger partial charge >= 0.3 is 0 Å². The minimum Gasteiger partial charge on any atom is -0.490 e. The van der Waals surface area contributed by atoms with E-state index in [1.165, 1.54) is 0 Å². The molecule has 1 N–H and O–H groups in total. The topological polar surface area (TPSA) is 49.8 Å². The van der Waals surface area contributed by atoms with Gasteiger partial charge < -0.3 is 14.7 Å². The third-order valence-electron chi connectivity index (χ3n) is 5.49. The van der Waals surface area contributed by atoms with Gasteiger partial charge in [0.05, 0.1) is 18.3 Å². The number of hydrogen-bond acceptors (Lipinski definition) is 3. The molecule has 0 aromatic heterocycles. The van der Waals surface area contributed by atoms with E-state index in [0.717, 1.165) is 31.2 Å². The molecule has 2 fully saturated rings. The summed E-state index contributed by atoms with van der Waals surface area (Å²) < 4.78 is 5.93. The number of amides is 1. The average molecular weight is 351 g/mol. The van der Waals surface area contributed by atoms with Crippen LogP contribution in [-0.4, -0.2) is 41.7 Å². The van der Waals surface area contributed by atoms with Gasteiger partial charge in [0.2, 0.25) is 0 Å². The van der Waals surface area contributed by atoms with Crippen molar-refractivity contribution < 1.29 is 14.6 Å². The van der Waals surface area contributed by atoms with Crippen LogP contribution in [0.4, 0.5) is 0 Å². The van der Waals surface area contributed by atoms with Crippen LogP contribution in [0.5, 0.6) is 5.75 Å². The highest BCUT2D eigenvalue weighted by Crippen LogP contribution is 2.35. The Kier molecular flexibility index (Phi) is 4.68. The minimum atomic E-state index is -0.387. The number of carbonyl (C=O) groups is 1. The molecule has 2 aliphatic rings. The number of benzene rings is 2. The molecule has 4 nitrogen and oxygen atoms in total. The molecule has 2 aromatic rings. The van der Waals surface area contributed by atoms with Crippen LogP contribution in [0.3, 0.4) is 0 Å². The van der Waals surface area contributed by atoms with Crippen LogP contribution in [0.25, 0.3) is 0 Å². The van der Waals surface area contributed by atoms with Crippen molar-refractivity contribution in [1.82, 2.24) is 4.90 Å². The molecule has 136 valence electrons.